The highest BCUT2D eigenvalue weighted by atomic mass is 79.9. The van der Waals surface area contributed by atoms with Gasteiger partial charge in [-0.1, -0.05) is 0 Å². The van der Waals surface area contributed by atoms with Crippen molar-refractivity contribution in [2.24, 2.45) is 0 Å². The zero-order chi connectivity index (χ0) is 11.9. The molecule has 0 aromatic carbocycles. The van der Waals surface area contributed by atoms with Crippen LogP contribution in [0.15, 0.2) is 22.9 Å². The quantitative estimate of drug-likeness (QED) is 0.879. The molecule has 0 saturated heterocycles. The minimum atomic E-state index is -4.26. The Labute approximate surface area is 97.2 Å². The van der Waals surface area contributed by atoms with Crippen LogP contribution in [0.25, 0.3) is 5.65 Å². The Balaban J connectivity index is 2.56. The van der Waals surface area contributed by atoms with Crippen molar-refractivity contribution in [2.75, 3.05) is 5.73 Å². The van der Waals surface area contributed by atoms with Crippen molar-refractivity contribution in [1.29, 1.82) is 0 Å². The highest BCUT2D eigenvalue weighted by Crippen LogP contribution is 2.25. The summed E-state index contributed by atoms with van der Waals surface area (Å²) in [7, 11) is 0. The fourth-order valence-electron chi connectivity index (χ4n) is 1.46. The van der Waals surface area contributed by atoms with Gasteiger partial charge >= 0.3 is 6.18 Å². The molecule has 86 valence electrons. The number of pyridine rings is 1. The zero-order valence-corrected chi connectivity index (χ0v) is 9.51. The summed E-state index contributed by atoms with van der Waals surface area (Å²) >= 11 is 3.17. The van der Waals surface area contributed by atoms with E-state index in [4.69, 9.17) is 5.73 Å². The number of nitrogens with two attached hydrogens (primary N) is 1. The first-order chi connectivity index (χ1) is 7.37. The van der Waals surface area contributed by atoms with Crippen molar-refractivity contribution in [2.45, 2.75) is 12.6 Å². The van der Waals surface area contributed by atoms with Gasteiger partial charge in [0, 0.05) is 16.9 Å². The SMILES string of the molecule is Nc1cc(Br)cn2c(CC(F)(F)F)cnc12. The lowest BCUT2D eigenvalue weighted by Gasteiger charge is -2.06. The summed E-state index contributed by atoms with van der Waals surface area (Å²) in [6.07, 6.45) is -2.58. The predicted molar refractivity (Wildman–Crippen MR) is 57.1 cm³/mol. The second-order valence-corrected chi connectivity index (χ2v) is 4.26. The van der Waals surface area contributed by atoms with E-state index in [0.29, 0.717) is 15.8 Å². The van der Waals surface area contributed by atoms with Gasteiger partial charge in [-0.15, -0.1) is 0 Å². The van der Waals surface area contributed by atoms with E-state index in [1.165, 1.54) is 16.8 Å². The molecular weight excluding hydrogens is 287 g/mol. The molecule has 0 aliphatic heterocycles. The minimum Gasteiger partial charge on any atom is -0.396 e. The van der Waals surface area contributed by atoms with Crippen LogP contribution < -0.4 is 5.73 Å². The van der Waals surface area contributed by atoms with E-state index in [1.807, 2.05) is 0 Å². The molecule has 2 rings (SSSR count). The van der Waals surface area contributed by atoms with Gasteiger partial charge in [0.2, 0.25) is 0 Å². The molecule has 0 aliphatic rings. The van der Waals surface area contributed by atoms with Gasteiger partial charge in [0.25, 0.3) is 0 Å². The fourth-order valence-corrected chi connectivity index (χ4v) is 1.92. The van der Waals surface area contributed by atoms with Crippen molar-refractivity contribution < 1.29 is 13.2 Å². The summed E-state index contributed by atoms with van der Waals surface area (Å²) in [4.78, 5) is 3.86. The van der Waals surface area contributed by atoms with E-state index >= 15 is 0 Å². The van der Waals surface area contributed by atoms with Gasteiger partial charge in [-0.3, -0.25) is 0 Å². The first-order valence-electron chi connectivity index (χ1n) is 4.34. The van der Waals surface area contributed by atoms with Crippen LogP contribution in [-0.4, -0.2) is 15.6 Å². The number of halogens is 4. The van der Waals surface area contributed by atoms with Crippen LogP contribution in [0.5, 0.6) is 0 Å². The molecule has 2 aromatic heterocycles. The fraction of sp³-hybridized carbons (Fsp3) is 0.222. The smallest absolute Gasteiger partial charge is 0.394 e. The number of nitrogen functional groups attached to an aromatic ring is 1. The lowest BCUT2D eigenvalue weighted by Crippen LogP contribution is -2.13. The van der Waals surface area contributed by atoms with Gasteiger partial charge in [-0.2, -0.15) is 13.2 Å². The Kier molecular flexibility index (Phi) is 2.57. The highest BCUT2D eigenvalue weighted by molar-refractivity contribution is 9.10. The first kappa shape index (κ1) is 11.3. The van der Waals surface area contributed by atoms with Crippen LogP contribution in [-0.2, 0) is 6.42 Å². The molecule has 16 heavy (non-hydrogen) atoms. The minimum absolute atomic E-state index is 0.0653. The van der Waals surface area contributed by atoms with Crippen molar-refractivity contribution >= 4 is 27.3 Å². The second-order valence-electron chi connectivity index (χ2n) is 3.35. The van der Waals surface area contributed by atoms with E-state index in [9.17, 15) is 13.2 Å². The maximum atomic E-state index is 12.3. The van der Waals surface area contributed by atoms with Gasteiger partial charge in [0.15, 0.2) is 5.65 Å². The molecule has 0 spiro atoms. The molecule has 2 heterocycles. The van der Waals surface area contributed by atoms with E-state index in [1.54, 1.807) is 6.07 Å². The third-order valence-electron chi connectivity index (χ3n) is 2.06. The lowest BCUT2D eigenvalue weighted by molar-refractivity contribution is -0.127. The zero-order valence-electron chi connectivity index (χ0n) is 7.92. The van der Waals surface area contributed by atoms with Gasteiger partial charge < -0.3 is 10.1 Å². The molecule has 0 unspecified atom stereocenters. The molecule has 0 bridgehead atoms. The topological polar surface area (TPSA) is 43.3 Å². The van der Waals surface area contributed by atoms with E-state index in [0.717, 1.165) is 0 Å². The largest absolute Gasteiger partial charge is 0.396 e. The number of anilines is 1. The molecule has 3 nitrogen and oxygen atoms in total. The number of imidazole rings is 1. The summed E-state index contributed by atoms with van der Waals surface area (Å²) in [5, 5.41) is 0. The number of aromatic nitrogens is 2. The van der Waals surface area contributed by atoms with Crippen LogP contribution in [0.2, 0.25) is 0 Å². The number of alkyl halides is 3. The molecule has 0 atom stereocenters. The molecule has 7 heteroatoms. The van der Waals surface area contributed by atoms with Crippen molar-refractivity contribution in [3.8, 4) is 0 Å². The van der Waals surface area contributed by atoms with E-state index < -0.39 is 12.6 Å². The Morgan fingerprint density at radius 3 is 2.75 bits per heavy atom. The number of fused-ring (bicyclic) bond motifs is 1. The van der Waals surface area contributed by atoms with Crippen LogP contribution in [0.1, 0.15) is 5.69 Å². The Hall–Kier alpha value is -1.24. The summed E-state index contributed by atoms with van der Waals surface area (Å²) in [6, 6.07) is 1.60. The second kappa shape index (κ2) is 3.65. The number of hydrogen-bond donors (Lipinski definition) is 1. The average molecular weight is 294 g/mol. The average Bonchev–Trinajstić information content (AvgIpc) is 2.46. The third kappa shape index (κ3) is 2.13. The summed E-state index contributed by atoms with van der Waals surface area (Å²) in [5.41, 5.74) is 6.38. The maximum Gasteiger partial charge on any atom is 0.394 e. The molecule has 2 aromatic rings. The Morgan fingerprint density at radius 2 is 2.12 bits per heavy atom. The molecule has 0 fully saturated rings. The van der Waals surface area contributed by atoms with Crippen LogP contribution in [0.4, 0.5) is 18.9 Å². The molecular formula is C9H7BrF3N3. The van der Waals surface area contributed by atoms with Gasteiger partial charge in [0.05, 0.1) is 17.8 Å². The van der Waals surface area contributed by atoms with Crippen LogP contribution in [0.3, 0.4) is 0 Å². The van der Waals surface area contributed by atoms with E-state index in [-0.39, 0.29) is 5.69 Å². The maximum absolute atomic E-state index is 12.3. The molecule has 2 N–H and O–H groups in total. The molecule has 0 saturated carbocycles. The summed E-state index contributed by atoms with van der Waals surface area (Å²) in [5.74, 6) is 0. The predicted octanol–water partition coefficient (Wildman–Crippen LogP) is 2.78. The Morgan fingerprint density at radius 1 is 1.44 bits per heavy atom. The highest BCUT2D eigenvalue weighted by Gasteiger charge is 2.29. The lowest BCUT2D eigenvalue weighted by atomic mass is 10.3. The van der Waals surface area contributed by atoms with Gasteiger partial charge in [0.1, 0.15) is 0 Å². The van der Waals surface area contributed by atoms with Gasteiger partial charge in [-0.05, 0) is 22.0 Å². The third-order valence-corrected chi connectivity index (χ3v) is 2.49. The van der Waals surface area contributed by atoms with Crippen molar-refractivity contribution in [3.63, 3.8) is 0 Å². The standard InChI is InChI=1S/C9H7BrF3N3/c10-5-1-7(14)8-15-3-6(16(8)4-5)2-9(11,12)13/h1,3-4H,2,14H2. The van der Waals surface area contributed by atoms with E-state index in [2.05, 4.69) is 20.9 Å². The number of nitrogens with zero attached hydrogens (tertiary/aromatic N) is 2. The van der Waals surface area contributed by atoms with Crippen LogP contribution in [0, 0.1) is 0 Å². The molecule has 0 aliphatic carbocycles. The normalized spacial score (nSPS) is 12.2. The first-order valence-corrected chi connectivity index (χ1v) is 5.14. The number of hydrogen-bond acceptors (Lipinski definition) is 2. The van der Waals surface area contributed by atoms with Gasteiger partial charge in [-0.25, -0.2) is 4.98 Å². The molecule has 0 amide bonds. The number of rotatable bonds is 1. The molecule has 0 radical (unpaired) electrons. The van der Waals surface area contributed by atoms with Crippen molar-refractivity contribution in [1.82, 2.24) is 9.38 Å². The van der Waals surface area contributed by atoms with Crippen LogP contribution >= 0.6 is 15.9 Å². The monoisotopic (exact) mass is 293 g/mol. The van der Waals surface area contributed by atoms with Crippen molar-refractivity contribution in [3.05, 3.63) is 28.6 Å². The summed E-state index contributed by atoms with van der Waals surface area (Å²) < 4.78 is 38.7. The summed E-state index contributed by atoms with van der Waals surface area (Å²) in [6.45, 7) is 0. The Bertz CT molecular complexity index is 533.